The predicted octanol–water partition coefficient (Wildman–Crippen LogP) is 1.15. The number of pyridine rings is 1. The molecular formula is C12H16N4O. The van der Waals surface area contributed by atoms with Crippen LogP contribution in [0, 0.1) is 18.3 Å². The molecule has 0 spiro atoms. The summed E-state index contributed by atoms with van der Waals surface area (Å²) in [4.78, 5) is 17.0. The fourth-order valence-electron chi connectivity index (χ4n) is 1.34. The smallest absolute Gasteiger partial charge is 0.223 e. The lowest BCUT2D eigenvalue weighted by Gasteiger charge is -2.11. The fourth-order valence-corrected chi connectivity index (χ4v) is 1.34. The van der Waals surface area contributed by atoms with Crippen molar-refractivity contribution in [3.05, 3.63) is 23.4 Å². The second kappa shape index (κ2) is 5.85. The molecule has 0 saturated heterocycles. The number of anilines is 1. The molecule has 0 radical (unpaired) electrons. The number of rotatable bonds is 4. The van der Waals surface area contributed by atoms with Gasteiger partial charge in [-0.1, -0.05) is 0 Å². The summed E-state index contributed by atoms with van der Waals surface area (Å²) in [5, 5.41) is 12.0. The summed E-state index contributed by atoms with van der Waals surface area (Å²) in [6.07, 6.45) is 2.03. The van der Waals surface area contributed by atoms with Crippen LogP contribution in [0.15, 0.2) is 12.3 Å². The van der Waals surface area contributed by atoms with Crippen LogP contribution >= 0.6 is 0 Å². The lowest BCUT2D eigenvalue weighted by Crippen LogP contribution is -2.24. The molecule has 17 heavy (non-hydrogen) atoms. The number of amides is 1. The molecule has 0 atom stereocenters. The maximum Gasteiger partial charge on any atom is 0.223 e. The summed E-state index contributed by atoms with van der Waals surface area (Å²) >= 11 is 0. The van der Waals surface area contributed by atoms with E-state index in [9.17, 15) is 4.79 Å². The fraction of sp³-hybridized carbons (Fsp3) is 0.417. The van der Waals surface area contributed by atoms with Crippen molar-refractivity contribution in [2.45, 2.75) is 13.3 Å². The van der Waals surface area contributed by atoms with Gasteiger partial charge in [-0.25, -0.2) is 4.98 Å². The van der Waals surface area contributed by atoms with Gasteiger partial charge in [0.05, 0.1) is 5.56 Å². The number of nitrogens with one attached hydrogen (secondary N) is 1. The topological polar surface area (TPSA) is 69.0 Å². The van der Waals surface area contributed by atoms with E-state index in [0.717, 1.165) is 5.56 Å². The van der Waals surface area contributed by atoms with E-state index in [4.69, 9.17) is 5.26 Å². The minimum Gasteiger partial charge on any atom is -0.368 e. The number of hydrogen-bond donors (Lipinski definition) is 1. The molecule has 1 aromatic rings. The Morgan fingerprint density at radius 1 is 1.59 bits per heavy atom. The van der Waals surface area contributed by atoms with Crippen molar-refractivity contribution in [1.29, 1.82) is 5.26 Å². The first-order valence-corrected chi connectivity index (χ1v) is 5.36. The Kier molecular flexibility index (Phi) is 4.46. The number of carbonyl (C=O) groups excluding carboxylic acids is 1. The van der Waals surface area contributed by atoms with Gasteiger partial charge in [0.1, 0.15) is 11.9 Å². The first-order valence-electron chi connectivity index (χ1n) is 5.36. The zero-order valence-corrected chi connectivity index (χ0v) is 10.3. The summed E-state index contributed by atoms with van der Waals surface area (Å²) in [6.45, 7) is 2.33. The standard InChI is InChI=1S/C12H16N4O/c1-9-4-6-14-12(10(9)8-13)15-7-5-11(17)16(2)3/h4,6H,5,7H2,1-3H3,(H,14,15). The van der Waals surface area contributed by atoms with E-state index < -0.39 is 0 Å². The Bertz CT molecular complexity index is 448. The zero-order chi connectivity index (χ0) is 12.8. The maximum absolute atomic E-state index is 11.4. The highest BCUT2D eigenvalue weighted by Gasteiger charge is 2.07. The average Bonchev–Trinajstić information content (AvgIpc) is 2.29. The maximum atomic E-state index is 11.4. The van der Waals surface area contributed by atoms with E-state index in [1.165, 1.54) is 4.90 Å². The number of aryl methyl sites for hydroxylation is 1. The third kappa shape index (κ3) is 3.45. The second-order valence-corrected chi connectivity index (χ2v) is 3.93. The van der Waals surface area contributed by atoms with Crippen LogP contribution < -0.4 is 5.32 Å². The zero-order valence-electron chi connectivity index (χ0n) is 10.3. The van der Waals surface area contributed by atoms with Gasteiger partial charge in [0, 0.05) is 33.3 Å². The molecule has 0 unspecified atom stereocenters. The molecule has 5 heteroatoms. The minimum atomic E-state index is 0.0451. The van der Waals surface area contributed by atoms with E-state index in [0.29, 0.717) is 24.3 Å². The summed E-state index contributed by atoms with van der Waals surface area (Å²) in [5.74, 6) is 0.586. The number of nitrogens with zero attached hydrogens (tertiary/aromatic N) is 3. The Hall–Kier alpha value is -2.09. The summed E-state index contributed by atoms with van der Waals surface area (Å²) < 4.78 is 0. The lowest BCUT2D eigenvalue weighted by molar-refractivity contribution is -0.128. The van der Waals surface area contributed by atoms with Crippen LogP contribution in [-0.4, -0.2) is 36.4 Å². The van der Waals surface area contributed by atoms with E-state index in [1.54, 1.807) is 26.4 Å². The summed E-state index contributed by atoms with van der Waals surface area (Å²) in [5.41, 5.74) is 1.41. The van der Waals surface area contributed by atoms with Gasteiger partial charge in [-0.3, -0.25) is 4.79 Å². The Balaban J connectivity index is 2.62. The summed E-state index contributed by atoms with van der Waals surface area (Å²) in [7, 11) is 3.43. The highest BCUT2D eigenvalue weighted by Crippen LogP contribution is 2.14. The summed E-state index contributed by atoms with van der Waals surface area (Å²) in [6, 6.07) is 3.89. The van der Waals surface area contributed by atoms with Crippen molar-refractivity contribution in [3.63, 3.8) is 0 Å². The first-order chi connectivity index (χ1) is 8.06. The molecule has 0 fully saturated rings. The highest BCUT2D eigenvalue weighted by molar-refractivity contribution is 5.76. The van der Waals surface area contributed by atoms with Crippen LogP contribution in [0.25, 0.3) is 0 Å². The van der Waals surface area contributed by atoms with Gasteiger partial charge in [0.2, 0.25) is 5.91 Å². The predicted molar refractivity (Wildman–Crippen MR) is 65.5 cm³/mol. The van der Waals surface area contributed by atoms with Crippen molar-refractivity contribution in [1.82, 2.24) is 9.88 Å². The third-order valence-electron chi connectivity index (χ3n) is 2.40. The van der Waals surface area contributed by atoms with Crippen molar-refractivity contribution in [3.8, 4) is 6.07 Å². The van der Waals surface area contributed by atoms with Crippen LogP contribution in [0.2, 0.25) is 0 Å². The third-order valence-corrected chi connectivity index (χ3v) is 2.40. The van der Waals surface area contributed by atoms with Crippen molar-refractivity contribution in [2.24, 2.45) is 0 Å². The molecule has 1 N–H and O–H groups in total. The van der Waals surface area contributed by atoms with Crippen LogP contribution in [-0.2, 0) is 4.79 Å². The van der Waals surface area contributed by atoms with E-state index in [1.807, 2.05) is 6.92 Å². The largest absolute Gasteiger partial charge is 0.368 e. The van der Waals surface area contributed by atoms with E-state index in [-0.39, 0.29) is 5.91 Å². The molecule has 5 nitrogen and oxygen atoms in total. The SMILES string of the molecule is Cc1ccnc(NCCC(=O)N(C)C)c1C#N. The molecular weight excluding hydrogens is 216 g/mol. The molecule has 0 aliphatic heterocycles. The molecule has 0 aromatic carbocycles. The molecule has 1 aromatic heterocycles. The van der Waals surface area contributed by atoms with Crippen LogP contribution in [0.3, 0.4) is 0 Å². The lowest BCUT2D eigenvalue weighted by atomic mass is 10.1. The van der Waals surface area contributed by atoms with Gasteiger partial charge in [0.15, 0.2) is 0 Å². The van der Waals surface area contributed by atoms with Gasteiger partial charge in [-0.05, 0) is 18.6 Å². The van der Waals surface area contributed by atoms with Crippen molar-refractivity contribution in [2.75, 3.05) is 26.0 Å². The molecule has 1 rings (SSSR count). The van der Waals surface area contributed by atoms with Crippen LogP contribution in [0.1, 0.15) is 17.5 Å². The molecule has 0 saturated carbocycles. The van der Waals surface area contributed by atoms with Gasteiger partial charge < -0.3 is 10.2 Å². The molecule has 0 aliphatic rings. The van der Waals surface area contributed by atoms with Crippen molar-refractivity contribution >= 4 is 11.7 Å². The average molecular weight is 232 g/mol. The number of carbonyl (C=O) groups is 1. The normalized spacial score (nSPS) is 9.53. The van der Waals surface area contributed by atoms with Crippen LogP contribution in [0.4, 0.5) is 5.82 Å². The molecule has 90 valence electrons. The van der Waals surface area contributed by atoms with E-state index in [2.05, 4.69) is 16.4 Å². The Morgan fingerprint density at radius 3 is 2.88 bits per heavy atom. The van der Waals surface area contributed by atoms with Crippen molar-refractivity contribution < 1.29 is 4.79 Å². The number of aromatic nitrogens is 1. The molecule has 1 heterocycles. The Labute approximate surface area is 101 Å². The minimum absolute atomic E-state index is 0.0451. The number of nitriles is 1. The Morgan fingerprint density at radius 2 is 2.29 bits per heavy atom. The van der Waals surface area contributed by atoms with Crippen LogP contribution in [0.5, 0.6) is 0 Å². The van der Waals surface area contributed by atoms with Gasteiger partial charge in [-0.15, -0.1) is 0 Å². The molecule has 0 aliphatic carbocycles. The second-order valence-electron chi connectivity index (χ2n) is 3.93. The highest BCUT2D eigenvalue weighted by atomic mass is 16.2. The molecule has 0 bridgehead atoms. The first kappa shape index (κ1) is 13.0. The van der Waals surface area contributed by atoms with Gasteiger partial charge in [-0.2, -0.15) is 5.26 Å². The van der Waals surface area contributed by atoms with Gasteiger partial charge >= 0.3 is 0 Å². The quantitative estimate of drug-likeness (QED) is 0.845. The number of hydrogen-bond acceptors (Lipinski definition) is 4. The van der Waals surface area contributed by atoms with E-state index >= 15 is 0 Å². The monoisotopic (exact) mass is 232 g/mol. The molecule has 1 amide bonds. The van der Waals surface area contributed by atoms with Gasteiger partial charge in [0.25, 0.3) is 0 Å².